The van der Waals surface area contributed by atoms with Gasteiger partial charge in [0.2, 0.25) is 0 Å². The molecule has 1 aliphatic carbocycles. The van der Waals surface area contributed by atoms with Crippen molar-refractivity contribution in [3.63, 3.8) is 0 Å². The monoisotopic (exact) mass is 220 g/mol. The number of aliphatic hydroxyl groups is 1. The molecule has 0 amide bonds. The third-order valence-corrected chi connectivity index (χ3v) is 3.70. The van der Waals surface area contributed by atoms with Crippen LogP contribution in [0.4, 0.5) is 0 Å². The third kappa shape index (κ3) is 2.46. The molecule has 0 unspecified atom stereocenters. The Hall–Kier alpha value is -0.820. The predicted molar refractivity (Wildman–Crippen MR) is 70.2 cm³/mol. The van der Waals surface area contributed by atoms with Crippen LogP contribution in [0.25, 0.3) is 0 Å². The summed E-state index contributed by atoms with van der Waals surface area (Å²) in [4.78, 5) is 0. The molecule has 1 fully saturated rings. The maximum Gasteiger partial charge on any atom is 0.0639 e. The average Bonchev–Trinajstić information content (AvgIpc) is 2.23. The van der Waals surface area contributed by atoms with Gasteiger partial charge in [-0.05, 0) is 18.8 Å². The first-order chi connectivity index (χ1) is 7.41. The van der Waals surface area contributed by atoms with Crippen molar-refractivity contribution in [1.29, 1.82) is 0 Å². The van der Waals surface area contributed by atoms with Gasteiger partial charge >= 0.3 is 0 Å². The Labute approximate surface area is 99.6 Å². The standard InChI is InChI=1S/C15H24O/c1-6-15(5)13(9-7-11(2)3)12(4)8-10-14(15)16/h6-7,9,11,13-14,16H,1,4,8,10H2,2-3,5H3/b9-7+/t13-,14-,15-/m0/s1. The van der Waals surface area contributed by atoms with Crippen molar-refractivity contribution in [2.24, 2.45) is 17.3 Å². The second-order valence-electron chi connectivity index (χ2n) is 5.39. The van der Waals surface area contributed by atoms with Crippen molar-refractivity contribution in [2.75, 3.05) is 0 Å². The van der Waals surface area contributed by atoms with E-state index in [0.29, 0.717) is 5.92 Å². The van der Waals surface area contributed by atoms with Crippen LogP contribution >= 0.6 is 0 Å². The minimum Gasteiger partial charge on any atom is -0.392 e. The SMILES string of the molecule is C=C[C@]1(C)[C@@H](O)CCC(=C)[C@@H]1/C=C/C(C)C. The summed E-state index contributed by atoms with van der Waals surface area (Å²) in [6.07, 6.45) is 7.67. The van der Waals surface area contributed by atoms with E-state index in [2.05, 4.69) is 46.1 Å². The number of allylic oxidation sites excluding steroid dienone is 3. The van der Waals surface area contributed by atoms with Crippen molar-refractivity contribution >= 4 is 0 Å². The van der Waals surface area contributed by atoms with Crippen LogP contribution in [0.5, 0.6) is 0 Å². The van der Waals surface area contributed by atoms with Crippen LogP contribution in [0.3, 0.4) is 0 Å². The van der Waals surface area contributed by atoms with Gasteiger partial charge in [-0.1, -0.05) is 51.2 Å². The van der Waals surface area contributed by atoms with E-state index in [1.807, 2.05) is 6.08 Å². The Kier molecular flexibility index (Phi) is 4.15. The molecule has 0 bridgehead atoms. The van der Waals surface area contributed by atoms with Crippen molar-refractivity contribution < 1.29 is 5.11 Å². The molecule has 16 heavy (non-hydrogen) atoms. The van der Waals surface area contributed by atoms with Crippen molar-refractivity contribution in [2.45, 2.75) is 39.7 Å². The number of hydrogen-bond donors (Lipinski definition) is 1. The number of aliphatic hydroxyl groups excluding tert-OH is 1. The fourth-order valence-corrected chi connectivity index (χ4v) is 2.38. The van der Waals surface area contributed by atoms with Gasteiger partial charge in [0.25, 0.3) is 0 Å². The minimum atomic E-state index is -0.308. The van der Waals surface area contributed by atoms with E-state index in [-0.39, 0.29) is 17.4 Å². The predicted octanol–water partition coefficient (Wildman–Crippen LogP) is 3.72. The van der Waals surface area contributed by atoms with Crippen LogP contribution in [0, 0.1) is 17.3 Å². The van der Waals surface area contributed by atoms with Crippen molar-refractivity contribution in [3.8, 4) is 0 Å². The van der Waals surface area contributed by atoms with E-state index in [4.69, 9.17) is 0 Å². The maximum absolute atomic E-state index is 10.1. The van der Waals surface area contributed by atoms with Crippen LogP contribution in [-0.4, -0.2) is 11.2 Å². The smallest absolute Gasteiger partial charge is 0.0639 e. The van der Waals surface area contributed by atoms with E-state index < -0.39 is 0 Å². The lowest BCUT2D eigenvalue weighted by atomic mass is 9.63. The van der Waals surface area contributed by atoms with Gasteiger partial charge in [-0.25, -0.2) is 0 Å². The normalized spacial score (nSPS) is 35.9. The molecule has 3 atom stereocenters. The van der Waals surface area contributed by atoms with E-state index in [1.165, 1.54) is 5.57 Å². The van der Waals surface area contributed by atoms with E-state index >= 15 is 0 Å². The van der Waals surface area contributed by atoms with Gasteiger partial charge in [0, 0.05) is 11.3 Å². The minimum absolute atomic E-state index is 0.219. The molecule has 0 spiro atoms. The summed E-state index contributed by atoms with van der Waals surface area (Å²) in [7, 11) is 0. The molecule has 0 aromatic rings. The maximum atomic E-state index is 10.1. The highest BCUT2D eigenvalue weighted by Gasteiger charge is 2.41. The first kappa shape index (κ1) is 13.2. The van der Waals surface area contributed by atoms with Crippen molar-refractivity contribution in [3.05, 3.63) is 37.0 Å². The van der Waals surface area contributed by atoms with E-state index in [9.17, 15) is 5.11 Å². The first-order valence-electron chi connectivity index (χ1n) is 6.09. The summed E-state index contributed by atoms with van der Waals surface area (Å²) in [5.41, 5.74) is 0.949. The molecule has 1 aliphatic rings. The van der Waals surface area contributed by atoms with Crippen molar-refractivity contribution in [1.82, 2.24) is 0 Å². The average molecular weight is 220 g/mol. The largest absolute Gasteiger partial charge is 0.392 e. The summed E-state index contributed by atoms with van der Waals surface area (Å²) in [5.74, 6) is 0.747. The van der Waals surface area contributed by atoms with Crippen LogP contribution in [-0.2, 0) is 0 Å². The van der Waals surface area contributed by atoms with Gasteiger partial charge in [0.15, 0.2) is 0 Å². The molecule has 1 rings (SSSR count). The highest BCUT2D eigenvalue weighted by atomic mass is 16.3. The topological polar surface area (TPSA) is 20.2 Å². The quantitative estimate of drug-likeness (QED) is 0.719. The Bertz CT molecular complexity index is 301. The molecule has 90 valence electrons. The molecule has 0 heterocycles. The first-order valence-corrected chi connectivity index (χ1v) is 6.09. The Morgan fingerprint density at radius 3 is 2.62 bits per heavy atom. The molecule has 1 N–H and O–H groups in total. The summed E-state index contributed by atoms with van der Waals surface area (Å²) in [6, 6.07) is 0. The lowest BCUT2D eigenvalue weighted by Crippen LogP contribution is -2.41. The lowest BCUT2D eigenvalue weighted by Gasteiger charge is -2.43. The molecule has 1 nitrogen and oxygen atoms in total. The lowest BCUT2D eigenvalue weighted by molar-refractivity contribution is 0.0276. The molecular formula is C15H24O. The highest BCUT2D eigenvalue weighted by molar-refractivity contribution is 5.23. The van der Waals surface area contributed by atoms with Crippen LogP contribution in [0.2, 0.25) is 0 Å². The zero-order valence-corrected chi connectivity index (χ0v) is 10.7. The molecule has 1 saturated carbocycles. The second kappa shape index (κ2) is 5.01. The number of rotatable bonds is 3. The van der Waals surface area contributed by atoms with Gasteiger partial charge in [-0.15, -0.1) is 6.58 Å². The Balaban J connectivity index is 2.98. The molecular weight excluding hydrogens is 196 g/mol. The van der Waals surface area contributed by atoms with Gasteiger partial charge in [-0.3, -0.25) is 0 Å². The summed E-state index contributed by atoms with van der Waals surface area (Å²) in [5, 5.41) is 10.1. The van der Waals surface area contributed by atoms with E-state index in [0.717, 1.165) is 12.8 Å². The fourth-order valence-electron chi connectivity index (χ4n) is 2.38. The van der Waals surface area contributed by atoms with Gasteiger partial charge in [-0.2, -0.15) is 0 Å². The summed E-state index contributed by atoms with van der Waals surface area (Å²) in [6.45, 7) is 14.4. The van der Waals surface area contributed by atoms with E-state index in [1.54, 1.807) is 0 Å². The van der Waals surface area contributed by atoms with Crippen LogP contribution < -0.4 is 0 Å². The Morgan fingerprint density at radius 2 is 2.12 bits per heavy atom. The summed E-state index contributed by atoms with van der Waals surface area (Å²) >= 11 is 0. The van der Waals surface area contributed by atoms with Crippen LogP contribution in [0.15, 0.2) is 37.0 Å². The molecule has 0 radical (unpaired) electrons. The fraction of sp³-hybridized carbons (Fsp3) is 0.600. The zero-order valence-electron chi connectivity index (χ0n) is 10.7. The Morgan fingerprint density at radius 1 is 1.50 bits per heavy atom. The molecule has 1 heteroatoms. The van der Waals surface area contributed by atoms with Gasteiger partial charge in [0.1, 0.15) is 0 Å². The molecule has 0 aliphatic heterocycles. The molecule has 0 saturated heterocycles. The molecule has 0 aromatic carbocycles. The zero-order chi connectivity index (χ0) is 12.3. The third-order valence-electron chi connectivity index (χ3n) is 3.70. The van der Waals surface area contributed by atoms with Crippen LogP contribution in [0.1, 0.15) is 33.6 Å². The highest BCUT2D eigenvalue weighted by Crippen LogP contribution is 2.45. The van der Waals surface area contributed by atoms with Gasteiger partial charge < -0.3 is 5.11 Å². The number of hydrogen-bond acceptors (Lipinski definition) is 1. The van der Waals surface area contributed by atoms with Gasteiger partial charge in [0.05, 0.1) is 6.10 Å². The second-order valence-corrected chi connectivity index (χ2v) is 5.39. The molecule has 0 aromatic heterocycles. The summed E-state index contributed by atoms with van der Waals surface area (Å²) < 4.78 is 0.